The molecule has 2 N–H and O–H groups in total. The van der Waals surface area contributed by atoms with Gasteiger partial charge in [0.15, 0.2) is 0 Å². The van der Waals surface area contributed by atoms with Gasteiger partial charge in [0, 0.05) is 21.4 Å². The second kappa shape index (κ2) is 8.11. The zero-order chi connectivity index (χ0) is 21.3. The van der Waals surface area contributed by atoms with Gasteiger partial charge in [0.1, 0.15) is 5.75 Å². The van der Waals surface area contributed by atoms with Crippen LogP contribution in [0.5, 0.6) is 5.75 Å². The monoisotopic (exact) mass is 437 g/mol. The molecule has 0 saturated carbocycles. The maximum absolute atomic E-state index is 13.1. The van der Waals surface area contributed by atoms with E-state index in [1.807, 2.05) is 49.4 Å². The third-order valence-corrected chi connectivity index (χ3v) is 6.79. The van der Waals surface area contributed by atoms with Crippen LogP contribution in [0.15, 0.2) is 89.8 Å². The maximum Gasteiger partial charge on any atom is 0.241 e. The Kier molecular flexibility index (Phi) is 5.52. The fraction of sp³-hybridized carbons (Fsp3) is 0.0833. The van der Waals surface area contributed by atoms with E-state index in [1.54, 1.807) is 42.5 Å². The average Bonchev–Trinajstić information content (AvgIpc) is 2.76. The molecule has 0 amide bonds. The number of hydrogen-bond acceptors (Lipinski definition) is 3. The van der Waals surface area contributed by atoms with E-state index in [-0.39, 0.29) is 10.6 Å². The van der Waals surface area contributed by atoms with Gasteiger partial charge in [0.2, 0.25) is 10.0 Å². The number of sulfonamides is 1. The Morgan fingerprint density at radius 2 is 1.47 bits per heavy atom. The van der Waals surface area contributed by atoms with Gasteiger partial charge >= 0.3 is 0 Å². The summed E-state index contributed by atoms with van der Waals surface area (Å²) in [6, 6.07) is 23.7. The molecule has 0 heterocycles. The van der Waals surface area contributed by atoms with Gasteiger partial charge < -0.3 is 5.11 Å². The van der Waals surface area contributed by atoms with E-state index in [2.05, 4.69) is 4.72 Å². The number of nitrogens with one attached hydrogen (secondary N) is 1. The third-order valence-electron chi connectivity index (χ3n) is 5.04. The van der Waals surface area contributed by atoms with E-state index in [0.717, 1.165) is 5.56 Å². The number of fused-ring (bicyclic) bond motifs is 1. The summed E-state index contributed by atoms with van der Waals surface area (Å²) in [5.74, 6) is -0.00420. The van der Waals surface area contributed by atoms with Crippen molar-refractivity contribution < 1.29 is 13.5 Å². The highest BCUT2D eigenvalue weighted by Gasteiger charge is 2.26. The van der Waals surface area contributed by atoms with Gasteiger partial charge in [-0.15, -0.1) is 0 Å². The molecule has 6 heteroatoms. The smallest absolute Gasteiger partial charge is 0.241 e. The number of rotatable bonds is 5. The van der Waals surface area contributed by atoms with Crippen molar-refractivity contribution in [3.05, 3.63) is 107 Å². The van der Waals surface area contributed by atoms with Crippen LogP contribution in [0.25, 0.3) is 10.8 Å². The van der Waals surface area contributed by atoms with Gasteiger partial charge in [-0.2, -0.15) is 4.72 Å². The minimum absolute atomic E-state index is 0.00420. The third kappa shape index (κ3) is 3.92. The van der Waals surface area contributed by atoms with E-state index in [4.69, 9.17) is 11.6 Å². The molecule has 1 atom stereocenters. The first-order valence-corrected chi connectivity index (χ1v) is 11.3. The molecule has 0 fully saturated rings. The van der Waals surface area contributed by atoms with Gasteiger partial charge in [-0.05, 0) is 30.7 Å². The van der Waals surface area contributed by atoms with Crippen molar-refractivity contribution in [3.63, 3.8) is 0 Å². The van der Waals surface area contributed by atoms with E-state index >= 15 is 0 Å². The number of phenols is 1. The Bertz CT molecular complexity index is 1300. The van der Waals surface area contributed by atoms with Crippen molar-refractivity contribution in [2.24, 2.45) is 0 Å². The fourth-order valence-corrected chi connectivity index (χ4v) is 4.94. The molecule has 4 aromatic rings. The molecule has 0 aliphatic heterocycles. The molecule has 0 spiro atoms. The highest BCUT2D eigenvalue weighted by Crippen LogP contribution is 2.39. The largest absolute Gasteiger partial charge is 0.507 e. The molecular weight excluding hydrogens is 418 g/mol. The van der Waals surface area contributed by atoms with Crippen LogP contribution in [0.3, 0.4) is 0 Å². The minimum atomic E-state index is -3.86. The van der Waals surface area contributed by atoms with Gasteiger partial charge in [-0.3, -0.25) is 0 Å². The van der Waals surface area contributed by atoms with Crippen LogP contribution in [0.1, 0.15) is 22.7 Å². The Hall–Kier alpha value is -2.86. The first kappa shape index (κ1) is 20.4. The van der Waals surface area contributed by atoms with Crippen LogP contribution in [0, 0.1) is 6.92 Å². The van der Waals surface area contributed by atoms with Crippen molar-refractivity contribution >= 4 is 32.4 Å². The van der Waals surface area contributed by atoms with Gasteiger partial charge in [-0.25, -0.2) is 8.42 Å². The maximum atomic E-state index is 13.1. The number of aromatic hydroxyl groups is 1. The highest BCUT2D eigenvalue weighted by molar-refractivity contribution is 7.89. The summed E-state index contributed by atoms with van der Waals surface area (Å²) in [6.07, 6.45) is 0. The molecular formula is C24H20ClNO3S. The summed E-state index contributed by atoms with van der Waals surface area (Å²) in [7, 11) is -3.86. The number of benzene rings is 4. The average molecular weight is 438 g/mol. The van der Waals surface area contributed by atoms with E-state index < -0.39 is 16.1 Å². The summed E-state index contributed by atoms with van der Waals surface area (Å²) in [4.78, 5) is 0.153. The lowest BCUT2D eigenvalue weighted by Gasteiger charge is -2.22. The van der Waals surface area contributed by atoms with Gasteiger partial charge in [0.05, 0.1) is 10.9 Å². The number of halogens is 1. The Morgan fingerprint density at radius 1 is 0.867 bits per heavy atom. The first-order valence-electron chi connectivity index (χ1n) is 9.41. The molecule has 152 valence electrons. The normalized spacial score (nSPS) is 12.7. The standard InChI is InChI=1S/C24H20ClNO3S/c1-16-11-13-18(14-12-16)30(28,29)26-23(17-7-3-2-4-8-17)21-15-22(25)19-9-5-6-10-20(19)24(21)27/h2-15,23,26-27H,1H3/t23-/m0/s1. The summed E-state index contributed by atoms with van der Waals surface area (Å²) in [5.41, 5.74) is 2.04. The molecule has 30 heavy (non-hydrogen) atoms. The van der Waals surface area contributed by atoms with Crippen molar-refractivity contribution in [2.45, 2.75) is 17.9 Å². The molecule has 0 radical (unpaired) electrons. The SMILES string of the molecule is Cc1ccc(S(=O)(=O)N[C@@H](c2ccccc2)c2cc(Cl)c3ccccc3c2O)cc1. The van der Waals surface area contributed by atoms with E-state index in [1.165, 1.54) is 0 Å². The summed E-state index contributed by atoms with van der Waals surface area (Å²) >= 11 is 6.48. The summed E-state index contributed by atoms with van der Waals surface area (Å²) in [5, 5.41) is 12.7. The lowest BCUT2D eigenvalue weighted by molar-refractivity contribution is 0.469. The zero-order valence-corrected chi connectivity index (χ0v) is 17.8. The van der Waals surface area contributed by atoms with Crippen molar-refractivity contribution in [1.29, 1.82) is 0 Å². The summed E-state index contributed by atoms with van der Waals surface area (Å²) in [6.45, 7) is 1.89. The van der Waals surface area contributed by atoms with Crippen LogP contribution in [0.2, 0.25) is 5.02 Å². The number of hydrogen-bond donors (Lipinski definition) is 2. The molecule has 0 saturated heterocycles. The molecule has 0 bridgehead atoms. The molecule has 4 rings (SSSR count). The lowest BCUT2D eigenvalue weighted by Crippen LogP contribution is -2.29. The topological polar surface area (TPSA) is 66.4 Å². The quantitative estimate of drug-likeness (QED) is 0.428. The molecule has 0 aliphatic carbocycles. The predicted molar refractivity (Wildman–Crippen MR) is 120 cm³/mol. The predicted octanol–water partition coefficient (Wildman–Crippen LogP) is 5.58. The van der Waals surface area contributed by atoms with Crippen molar-refractivity contribution in [2.75, 3.05) is 0 Å². The number of phenolic OH excluding ortho intramolecular Hbond substituents is 1. The first-order chi connectivity index (χ1) is 14.4. The molecule has 0 unspecified atom stereocenters. The molecule has 4 aromatic carbocycles. The van der Waals surface area contributed by atoms with Crippen LogP contribution >= 0.6 is 11.6 Å². The van der Waals surface area contributed by atoms with E-state index in [9.17, 15) is 13.5 Å². The zero-order valence-electron chi connectivity index (χ0n) is 16.2. The van der Waals surface area contributed by atoms with Crippen molar-refractivity contribution in [3.8, 4) is 5.75 Å². The van der Waals surface area contributed by atoms with Gasteiger partial charge in [-0.1, -0.05) is 83.9 Å². The van der Waals surface area contributed by atoms with Crippen LogP contribution in [-0.4, -0.2) is 13.5 Å². The van der Waals surface area contributed by atoms with Crippen LogP contribution in [0.4, 0.5) is 0 Å². The van der Waals surface area contributed by atoms with Crippen LogP contribution in [-0.2, 0) is 10.0 Å². The number of aryl methyl sites for hydroxylation is 1. The van der Waals surface area contributed by atoms with E-state index in [0.29, 0.717) is 26.9 Å². The lowest BCUT2D eigenvalue weighted by atomic mass is 9.95. The second-order valence-corrected chi connectivity index (χ2v) is 9.24. The van der Waals surface area contributed by atoms with Gasteiger partial charge in [0.25, 0.3) is 0 Å². The molecule has 0 aromatic heterocycles. The second-order valence-electron chi connectivity index (χ2n) is 7.12. The minimum Gasteiger partial charge on any atom is -0.507 e. The Morgan fingerprint density at radius 3 is 2.13 bits per heavy atom. The van der Waals surface area contributed by atoms with Crippen molar-refractivity contribution in [1.82, 2.24) is 4.72 Å². The molecule has 4 nitrogen and oxygen atoms in total. The van der Waals surface area contributed by atoms with Crippen LogP contribution < -0.4 is 4.72 Å². The summed E-state index contributed by atoms with van der Waals surface area (Å²) < 4.78 is 29.0. The fourth-order valence-electron chi connectivity index (χ4n) is 3.45. The Balaban J connectivity index is 1.87. The molecule has 0 aliphatic rings. The highest BCUT2D eigenvalue weighted by atomic mass is 35.5. The Labute approximate surface area is 180 Å².